The molecule has 0 aliphatic carbocycles. The van der Waals surface area contributed by atoms with Crippen molar-refractivity contribution in [3.63, 3.8) is 0 Å². The molecule has 3 rings (SSSR count). The van der Waals surface area contributed by atoms with Gasteiger partial charge in [-0.25, -0.2) is 9.98 Å². The highest BCUT2D eigenvalue weighted by atomic mass is 31.1. The summed E-state index contributed by atoms with van der Waals surface area (Å²) < 4.78 is 20.5. The van der Waals surface area contributed by atoms with Crippen LogP contribution in [0.4, 0.5) is 5.95 Å². The predicted molar refractivity (Wildman–Crippen MR) is 113 cm³/mol. The van der Waals surface area contributed by atoms with Crippen LogP contribution >= 0.6 is 9.03 Å². The van der Waals surface area contributed by atoms with Gasteiger partial charge in [-0.15, -0.1) is 0 Å². The van der Waals surface area contributed by atoms with Crippen molar-refractivity contribution in [2.75, 3.05) is 20.7 Å². The van der Waals surface area contributed by atoms with Gasteiger partial charge in [-0.1, -0.05) is 6.92 Å². The smallest absolute Gasteiger partial charge is 0.282 e. The Labute approximate surface area is 176 Å². The summed E-state index contributed by atoms with van der Waals surface area (Å²) in [4.78, 5) is 27.5. The third-order valence-corrected chi connectivity index (χ3v) is 5.37. The quantitative estimate of drug-likeness (QED) is 0.253. The molecule has 0 radical (unpaired) electrons. The number of rotatable bonds is 9. The molecule has 0 bridgehead atoms. The Balaban J connectivity index is 1.82. The van der Waals surface area contributed by atoms with Crippen LogP contribution < -0.4 is 5.56 Å². The Bertz CT molecular complexity index is 997. The molecule has 3 heterocycles. The van der Waals surface area contributed by atoms with Crippen LogP contribution in [-0.2, 0) is 20.8 Å². The lowest BCUT2D eigenvalue weighted by molar-refractivity contribution is -0.0138. The molecule has 0 aromatic carbocycles. The van der Waals surface area contributed by atoms with Gasteiger partial charge in [-0.3, -0.25) is 13.9 Å². The van der Waals surface area contributed by atoms with E-state index < -0.39 is 0 Å². The van der Waals surface area contributed by atoms with Gasteiger partial charge in [0.15, 0.2) is 20.2 Å². The lowest BCUT2D eigenvalue weighted by atomic mass is 10.1. The fourth-order valence-electron chi connectivity index (χ4n) is 3.12. The van der Waals surface area contributed by atoms with Crippen molar-refractivity contribution < 1.29 is 13.8 Å². The van der Waals surface area contributed by atoms with E-state index in [9.17, 15) is 4.79 Å². The van der Waals surface area contributed by atoms with Gasteiger partial charge >= 0.3 is 0 Å². The molecule has 1 fully saturated rings. The SMILES string of the molecule is CC[C@H]1O[C@@H](n2cnc3c(=O)n(C)c(N=CN(C)C)nc32)C[C@H]1OPOCCC#N. The molecule has 162 valence electrons. The third-order valence-electron chi connectivity index (χ3n) is 4.65. The van der Waals surface area contributed by atoms with E-state index in [-0.39, 0.29) is 44.5 Å². The van der Waals surface area contributed by atoms with Crippen LogP contribution in [0.3, 0.4) is 0 Å². The molecular weight excluding hydrogens is 409 g/mol. The van der Waals surface area contributed by atoms with Crippen molar-refractivity contribution in [2.45, 2.75) is 44.6 Å². The summed E-state index contributed by atoms with van der Waals surface area (Å²) in [5.74, 6) is 0.285. The van der Waals surface area contributed by atoms with Gasteiger partial charge in [0.05, 0.1) is 44.0 Å². The summed E-state index contributed by atoms with van der Waals surface area (Å²) >= 11 is 0. The molecule has 2 aromatic heterocycles. The van der Waals surface area contributed by atoms with Gasteiger partial charge in [0.2, 0.25) is 5.95 Å². The van der Waals surface area contributed by atoms with E-state index in [0.29, 0.717) is 25.1 Å². The summed E-state index contributed by atoms with van der Waals surface area (Å²) in [6, 6.07) is 2.03. The fourth-order valence-corrected chi connectivity index (χ4v) is 3.75. The number of hydrogen-bond acceptors (Lipinski definition) is 8. The van der Waals surface area contributed by atoms with Gasteiger partial charge in [-0.2, -0.15) is 10.2 Å². The Morgan fingerprint density at radius 2 is 2.33 bits per heavy atom. The van der Waals surface area contributed by atoms with Crippen LogP contribution in [0.25, 0.3) is 11.2 Å². The largest absolute Gasteiger partial charge is 0.369 e. The summed E-state index contributed by atoms with van der Waals surface area (Å²) in [6.45, 7) is 2.37. The standard InChI is InChI=1S/C18H26N7O4P/c1-5-12-13(29-30-27-8-6-7-19)9-14(28-12)25-11-20-15-16(25)22-18(21-10-23(2)3)24(4)17(15)26/h10-14,30H,5-6,8-9H2,1-4H3/t12-,13-,14-/m1/s1. The molecule has 1 aliphatic rings. The number of ether oxygens (including phenoxy) is 1. The van der Waals surface area contributed by atoms with E-state index >= 15 is 0 Å². The zero-order chi connectivity index (χ0) is 21.7. The molecule has 0 N–H and O–H groups in total. The third kappa shape index (κ3) is 4.84. The van der Waals surface area contributed by atoms with Crippen LogP contribution in [0, 0.1) is 11.3 Å². The number of aliphatic imine (C=N–C) groups is 1. The van der Waals surface area contributed by atoms with Crippen molar-refractivity contribution in [2.24, 2.45) is 12.0 Å². The molecule has 1 aliphatic heterocycles. The molecule has 11 nitrogen and oxygen atoms in total. The highest BCUT2D eigenvalue weighted by Gasteiger charge is 2.37. The zero-order valence-electron chi connectivity index (χ0n) is 17.5. The number of hydrogen-bond donors (Lipinski definition) is 0. The van der Waals surface area contributed by atoms with E-state index in [1.165, 1.54) is 4.57 Å². The topological polar surface area (TPSA) is 120 Å². The molecule has 4 atom stereocenters. The summed E-state index contributed by atoms with van der Waals surface area (Å²) in [5.41, 5.74) is 0.427. The maximum atomic E-state index is 12.7. The van der Waals surface area contributed by atoms with Crippen molar-refractivity contribution in [1.29, 1.82) is 5.26 Å². The monoisotopic (exact) mass is 435 g/mol. The predicted octanol–water partition coefficient (Wildman–Crippen LogP) is 1.87. The Morgan fingerprint density at radius 1 is 1.53 bits per heavy atom. The van der Waals surface area contributed by atoms with Crippen molar-refractivity contribution >= 4 is 32.5 Å². The van der Waals surface area contributed by atoms with Crippen LogP contribution in [0.15, 0.2) is 16.1 Å². The van der Waals surface area contributed by atoms with Gasteiger partial charge < -0.3 is 18.7 Å². The first-order valence-corrected chi connectivity index (χ1v) is 10.5. The molecule has 0 spiro atoms. The second-order valence-electron chi connectivity index (χ2n) is 7.08. The van der Waals surface area contributed by atoms with Crippen LogP contribution in [0.5, 0.6) is 0 Å². The Morgan fingerprint density at radius 3 is 3.03 bits per heavy atom. The average Bonchev–Trinajstić information content (AvgIpc) is 3.33. The maximum Gasteiger partial charge on any atom is 0.282 e. The molecule has 1 unspecified atom stereocenters. The van der Waals surface area contributed by atoms with Gasteiger partial charge in [0.25, 0.3) is 5.56 Å². The van der Waals surface area contributed by atoms with E-state index in [2.05, 4.69) is 15.0 Å². The highest BCUT2D eigenvalue weighted by Crippen LogP contribution is 2.37. The van der Waals surface area contributed by atoms with E-state index in [4.69, 9.17) is 19.0 Å². The molecule has 2 aromatic rings. The molecular formula is C18H26N7O4P. The summed E-state index contributed by atoms with van der Waals surface area (Å²) in [5, 5.41) is 8.56. The van der Waals surface area contributed by atoms with Crippen molar-refractivity contribution in [1.82, 2.24) is 24.0 Å². The van der Waals surface area contributed by atoms with Crippen LogP contribution in [0.2, 0.25) is 0 Å². The maximum absolute atomic E-state index is 12.7. The van der Waals surface area contributed by atoms with Crippen LogP contribution in [-0.4, -0.2) is 63.3 Å². The highest BCUT2D eigenvalue weighted by molar-refractivity contribution is 7.26. The summed E-state index contributed by atoms with van der Waals surface area (Å²) in [6.07, 6.45) is 4.20. The molecule has 0 saturated carbocycles. The number of fused-ring (bicyclic) bond motifs is 1. The second-order valence-corrected chi connectivity index (χ2v) is 7.77. The second kappa shape index (κ2) is 10.1. The number of nitriles is 1. The molecule has 12 heteroatoms. The molecule has 0 amide bonds. The number of aromatic nitrogens is 4. The lowest BCUT2D eigenvalue weighted by Crippen LogP contribution is -2.21. The zero-order valence-corrected chi connectivity index (χ0v) is 18.5. The Kier molecular flexibility index (Phi) is 7.50. The van der Waals surface area contributed by atoms with Gasteiger partial charge in [-0.05, 0) is 6.42 Å². The van der Waals surface area contributed by atoms with E-state index in [1.807, 2.05) is 27.1 Å². The normalized spacial score (nSPS) is 21.9. The van der Waals surface area contributed by atoms with Crippen molar-refractivity contribution in [3.05, 3.63) is 16.7 Å². The summed E-state index contributed by atoms with van der Waals surface area (Å²) in [7, 11) is 5.14. The first kappa shape index (κ1) is 22.3. The number of nitrogens with zero attached hydrogens (tertiary/aromatic N) is 7. The van der Waals surface area contributed by atoms with E-state index in [1.54, 1.807) is 29.2 Å². The molecule has 1 saturated heterocycles. The van der Waals surface area contributed by atoms with E-state index in [0.717, 1.165) is 6.42 Å². The Hall–Kier alpha value is -2.38. The minimum absolute atomic E-state index is 0.114. The van der Waals surface area contributed by atoms with Crippen LogP contribution in [0.1, 0.15) is 32.4 Å². The molecule has 30 heavy (non-hydrogen) atoms. The minimum Gasteiger partial charge on any atom is -0.369 e. The number of imidazole rings is 1. The van der Waals surface area contributed by atoms with Crippen molar-refractivity contribution in [3.8, 4) is 6.07 Å². The van der Waals surface area contributed by atoms with Gasteiger partial charge in [0.1, 0.15) is 6.23 Å². The fraction of sp³-hybridized carbons (Fsp3) is 0.611. The first-order valence-electron chi connectivity index (χ1n) is 9.65. The average molecular weight is 435 g/mol. The first-order chi connectivity index (χ1) is 14.5. The van der Waals surface area contributed by atoms with Gasteiger partial charge in [0, 0.05) is 27.6 Å². The minimum atomic E-state index is -0.362. The lowest BCUT2D eigenvalue weighted by Gasteiger charge is -2.16.